The van der Waals surface area contributed by atoms with Crippen LogP contribution in [0.25, 0.3) is 10.6 Å². The van der Waals surface area contributed by atoms with Crippen molar-refractivity contribution in [3.05, 3.63) is 70.2 Å². The van der Waals surface area contributed by atoms with Gasteiger partial charge < -0.3 is 0 Å². The van der Waals surface area contributed by atoms with E-state index < -0.39 is 11.7 Å². The molecule has 1 fully saturated rings. The quantitative estimate of drug-likeness (QED) is 0.377. The Morgan fingerprint density at radius 1 is 1.13 bits per heavy atom. The van der Waals surface area contributed by atoms with Gasteiger partial charge in [0.25, 0.3) is 0 Å². The number of Topliss-reactive ketones (excluding diaryl/α,β-unsaturated/α-hetero) is 1. The van der Waals surface area contributed by atoms with Crippen molar-refractivity contribution < 1.29 is 18.0 Å². The summed E-state index contributed by atoms with van der Waals surface area (Å²) in [7, 11) is 0. The largest absolute Gasteiger partial charge is 0.416 e. The van der Waals surface area contributed by atoms with Gasteiger partial charge in [-0.15, -0.1) is 23.1 Å². The van der Waals surface area contributed by atoms with Crippen molar-refractivity contribution in [1.82, 2.24) is 4.98 Å². The van der Waals surface area contributed by atoms with E-state index >= 15 is 0 Å². The first-order valence-corrected chi connectivity index (χ1v) is 11.4. The first kappa shape index (κ1) is 21.1. The number of hydrogen-bond donors (Lipinski definition) is 0. The standard InChI is InChI=1S/C23H20F3NOS2/c1-13-21(30-22(27-13)16-3-7-17(8-4-16)23(24,25)26)12-29-18-9-5-15(6-10-18)20-11-19(20)14(2)28/h3-10,19-20H,11-12H2,1-2H3/t19?,20-/m0/s1. The minimum Gasteiger partial charge on any atom is -0.300 e. The third-order valence-corrected chi connectivity index (χ3v) is 7.77. The summed E-state index contributed by atoms with van der Waals surface area (Å²) in [6.45, 7) is 3.59. The Morgan fingerprint density at radius 2 is 1.80 bits per heavy atom. The van der Waals surface area contributed by atoms with Gasteiger partial charge in [0.05, 0.1) is 11.3 Å². The molecule has 1 heterocycles. The predicted octanol–water partition coefficient (Wildman–Crippen LogP) is 7.12. The molecule has 1 unspecified atom stereocenters. The monoisotopic (exact) mass is 447 g/mol. The molecular formula is C23H20F3NOS2. The number of thioether (sulfide) groups is 1. The summed E-state index contributed by atoms with van der Waals surface area (Å²) in [5.74, 6) is 1.58. The number of thiazole rings is 1. The van der Waals surface area contributed by atoms with Crippen LogP contribution < -0.4 is 0 Å². The Bertz CT molecular complexity index is 1060. The molecular weight excluding hydrogens is 427 g/mol. The third kappa shape index (κ3) is 4.62. The van der Waals surface area contributed by atoms with E-state index in [0.29, 0.717) is 11.5 Å². The molecule has 2 aromatic carbocycles. The minimum atomic E-state index is -4.33. The van der Waals surface area contributed by atoms with E-state index in [-0.39, 0.29) is 11.7 Å². The zero-order chi connectivity index (χ0) is 21.5. The van der Waals surface area contributed by atoms with Crippen LogP contribution in [-0.2, 0) is 16.7 Å². The topological polar surface area (TPSA) is 30.0 Å². The highest BCUT2D eigenvalue weighted by molar-refractivity contribution is 7.98. The number of carbonyl (C=O) groups is 1. The highest BCUT2D eigenvalue weighted by Crippen LogP contribution is 2.48. The maximum atomic E-state index is 12.7. The smallest absolute Gasteiger partial charge is 0.300 e. The van der Waals surface area contributed by atoms with E-state index in [1.165, 1.54) is 29.0 Å². The second kappa shape index (κ2) is 8.19. The van der Waals surface area contributed by atoms with Gasteiger partial charge in [-0.3, -0.25) is 4.79 Å². The zero-order valence-electron chi connectivity index (χ0n) is 16.5. The van der Waals surface area contributed by atoms with E-state index in [1.807, 2.05) is 6.92 Å². The van der Waals surface area contributed by atoms with Crippen LogP contribution in [0.2, 0.25) is 0 Å². The highest BCUT2D eigenvalue weighted by Gasteiger charge is 2.41. The number of halogens is 3. The van der Waals surface area contributed by atoms with E-state index in [2.05, 4.69) is 29.2 Å². The first-order chi connectivity index (χ1) is 14.2. The van der Waals surface area contributed by atoms with Crippen LogP contribution in [-0.4, -0.2) is 10.8 Å². The molecule has 1 saturated carbocycles. The summed E-state index contributed by atoms with van der Waals surface area (Å²) >= 11 is 3.22. The summed E-state index contributed by atoms with van der Waals surface area (Å²) in [4.78, 5) is 18.3. The molecule has 1 aromatic heterocycles. The van der Waals surface area contributed by atoms with Crippen molar-refractivity contribution in [2.75, 3.05) is 0 Å². The van der Waals surface area contributed by atoms with Gasteiger partial charge in [-0.1, -0.05) is 24.3 Å². The molecule has 1 aliphatic rings. The molecule has 0 spiro atoms. The molecule has 156 valence electrons. The number of alkyl halides is 3. The molecule has 30 heavy (non-hydrogen) atoms. The Balaban J connectivity index is 1.40. The van der Waals surface area contributed by atoms with Crippen LogP contribution in [0.4, 0.5) is 13.2 Å². The van der Waals surface area contributed by atoms with Crippen LogP contribution in [0, 0.1) is 12.8 Å². The average Bonchev–Trinajstić information content (AvgIpc) is 3.43. The molecule has 0 N–H and O–H groups in total. The van der Waals surface area contributed by atoms with Crippen molar-refractivity contribution in [2.45, 2.75) is 43.0 Å². The first-order valence-electron chi connectivity index (χ1n) is 9.59. The number of aromatic nitrogens is 1. The van der Waals surface area contributed by atoms with E-state index in [4.69, 9.17) is 0 Å². The molecule has 0 saturated heterocycles. The number of benzene rings is 2. The van der Waals surface area contributed by atoms with Crippen LogP contribution >= 0.6 is 23.1 Å². The molecule has 3 aromatic rings. The van der Waals surface area contributed by atoms with Gasteiger partial charge in [-0.25, -0.2) is 4.98 Å². The highest BCUT2D eigenvalue weighted by atomic mass is 32.2. The van der Waals surface area contributed by atoms with E-state index in [0.717, 1.165) is 44.8 Å². The Hall–Kier alpha value is -2.12. The summed E-state index contributed by atoms with van der Waals surface area (Å²) in [5.41, 5.74) is 2.17. The minimum absolute atomic E-state index is 0.187. The fraction of sp³-hybridized carbons (Fsp3) is 0.304. The van der Waals surface area contributed by atoms with Gasteiger partial charge in [-0.2, -0.15) is 13.2 Å². The molecule has 0 aliphatic heterocycles. The van der Waals surface area contributed by atoms with Gasteiger partial charge in [0, 0.05) is 27.0 Å². The fourth-order valence-electron chi connectivity index (χ4n) is 3.46. The van der Waals surface area contributed by atoms with E-state index in [9.17, 15) is 18.0 Å². The third-order valence-electron chi connectivity index (χ3n) is 5.34. The number of aryl methyl sites for hydroxylation is 1. The zero-order valence-corrected chi connectivity index (χ0v) is 18.1. The molecule has 0 radical (unpaired) electrons. The fourth-order valence-corrected chi connectivity index (χ4v) is 5.57. The number of rotatable bonds is 6. The lowest BCUT2D eigenvalue weighted by atomic mass is 10.1. The molecule has 4 rings (SSSR count). The molecule has 0 bridgehead atoms. The molecule has 1 aliphatic carbocycles. The number of nitrogens with zero attached hydrogens (tertiary/aromatic N) is 1. The summed E-state index contributed by atoms with van der Waals surface area (Å²) < 4.78 is 38.2. The van der Waals surface area contributed by atoms with Crippen LogP contribution in [0.15, 0.2) is 53.4 Å². The molecule has 7 heteroatoms. The second-order valence-corrected chi connectivity index (χ2v) is 9.65. The predicted molar refractivity (Wildman–Crippen MR) is 115 cm³/mol. The Morgan fingerprint density at radius 3 is 2.37 bits per heavy atom. The van der Waals surface area contributed by atoms with Crippen LogP contribution in [0.1, 0.15) is 41.0 Å². The lowest BCUT2D eigenvalue weighted by Gasteiger charge is -2.06. The lowest BCUT2D eigenvalue weighted by Crippen LogP contribution is -2.03. The molecule has 2 atom stereocenters. The second-order valence-electron chi connectivity index (χ2n) is 7.52. The maximum Gasteiger partial charge on any atom is 0.416 e. The molecule has 2 nitrogen and oxygen atoms in total. The van der Waals surface area contributed by atoms with Crippen molar-refractivity contribution in [2.24, 2.45) is 5.92 Å². The lowest BCUT2D eigenvalue weighted by molar-refractivity contribution is -0.137. The van der Waals surface area contributed by atoms with Crippen LogP contribution in [0.3, 0.4) is 0 Å². The Kier molecular flexibility index (Phi) is 5.77. The van der Waals surface area contributed by atoms with Crippen molar-refractivity contribution >= 4 is 28.9 Å². The van der Waals surface area contributed by atoms with Crippen molar-refractivity contribution in [3.63, 3.8) is 0 Å². The average molecular weight is 448 g/mol. The Labute approximate surface area is 181 Å². The molecule has 0 amide bonds. The van der Waals surface area contributed by atoms with Gasteiger partial charge in [-0.05, 0) is 56.0 Å². The van der Waals surface area contributed by atoms with Crippen molar-refractivity contribution in [1.29, 1.82) is 0 Å². The van der Waals surface area contributed by atoms with Crippen LogP contribution in [0.5, 0.6) is 0 Å². The summed E-state index contributed by atoms with van der Waals surface area (Å²) in [6, 6.07) is 13.5. The van der Waals surface area contributed by atoms with E-state index in [1.54, 1.807) is 18.7 Å². The normalized spacial score (nSPS) is 18.4. The number of hydrogen-bond acceptors (Lipinski definition) is 4. The maximum absolute atomic E-state index is 12.7. The summed E-state index contributed by atoms with van der Waals surface area (Å²) in [5, 5.41) is 0.733. The van der Waals surface area contributed by atoms with Gasteiger partial charge in [0.2, 0.25) is 0 Å². The van der Waals surface area contributed by atoms with Gasteiger partial charge in [0.15, 0.2) is 0 Å². The summed E-state index contributed by atoms with van der Waals surface area (Å²) in [6.07, 6.45) is -3.38. The van der Waals surface area contributed by atoms with Crippen molar-refractivity contribution in [3.8, 4) is 10.6 Å². The SMILES string of the molecule is CC(=O)C1C[C@H]1c1ccc(SCc2sc(-c3ccc(C(F)(F)F)cc3)nc2C)cc1. The van der Waals surface area contributed by atoms with Gasteiger partial charge >= 0.3 is 6.18 Å². The number of ketones is 1. The number of carbonyl (C=O) groups excluding carboxylic acids is 1. The van der Waals surface area contributed by atoms with Gasteiger partial charge in [0.1, 0.15) is 10.8 Å².